The van der Waals surface area contributed by atoms with Gasteiger partial charge >= 0.3 is 74.6 Å². The van der Waals surface area contributed by atoms with Crippen LogP contribution in [0.3, 0.4) is 0 Å². The van der Waals surface area contributed by atoms with Gasteiger partial charge in [-0.05, 0) is 0 Å². The van der Waals surface area contributed by atoms with E-state index in [-0.39, 0.29) is 37.2 Å². The zero-order valence-corrected chi connectivity index (χ0v) is 12.3. The van der Waals surface area contributed by atoms with E-state index in [2.05, 4.69) is 48.1 Å². The molecule has 13 heavy (non-hydrogen) atoms. The van der Waals surface area contributed by atoms with Gasteiger partial charge in [-0.2, -0.15) is 0 Å². The summed E-state index contributed by atoms with van der Waals surface area (Å²) in [6.45, 7) is 8.96. The molecule has 0 bridgehead atoms. The smallest absolute Gasteiger partial charge is 0.147 e. The molecule has 0 heterocycles. The fraction of sp³-hybridized carbons (Fsp3) is 0.556. The van der Waals surface area contributed by atoms with Crippen LogP contribution in [-0.2, 0) is 20.4 Å². The van der Waals surface area contributed by atoms with Crippen molar-refractivity contribution >= 4 is 37.2 Å². The number of halogens is 3. The molecule has 0 aliphatic heterocycles. The van der Waals surface area contributed by atoms with E-state index in [0.29, 0.717) is 5.92 Å². The van der Waals surface area contributed by atoms with Gasteiger partial charge in [-0.25, -0.2) is 0 Å². The van der Waals surface area contributed by atoms with Crippen molar-refractivity contribution in [2.75, 3.05) is 0 Å². The van der Waals surface area contributed by atoms with E-state index >= 15 is 0 Å². The molecule has 1 unspecified atom stereocenters. The molecule has 1 rings (SSSR count). The van der Waals surface area contributed by atoms with Crippen molar-refractivity contribution < 1.29 is 20.4 Å². The van der Waals surface area contributed by atoms with Crippen LogP contribution in [0.4, 0.5) is 0 Å². The second-order valence-electron chi connectivity index (χ2n) is 3.07. The van der Waals surface area contributed by atoms with Crippen LogP contribution in [0.15, 0.2) is 20.6 Å². The third-order valence-electron chi connectivity index (χ3n) is 2.64. The largest absolute Gasteiger partial charge is 0.147 e. The molecule has 1 aliphatic carbocycles. The summed E-state index contributed by atoms with van der Waals surface area (Å²) in [7, 11) is 0. The van der Waals surface area contributed by atoms with Gasteiger partial charge in [0, 0.05) is 0 Å². The summed E-state index contributed by atoms with van der Waals surface area (Å²) in [6, 6.07) is 0. The number of hydrogen-bond acceptors (Lipinski definition) is 0. The Morgan fingerprint density at radius 2 is 1.31 bits per heavy atom. The SMILES string of the molecule is CC1=C(C)C(C)[C]([Ti])=C1C.Cl.Cl.Cl. The minimum atomic E-state index is 0. The second-order valence-corrected chi connectivity index (χ2v) is 3.91. The predicted octanol–water partition coefficient (Wildman–Crippen LogP) is 4.06. The summed E-state index contributed by atoms with van der Waals surface area (Å²) in [5.74, 6) is 0.694. The van der Waals surface area contributed by atoms with Crippen molar-refractivity contribution in [1.29, 1.82) is 0 Å². The summed E-state index contributed by atoms with van der Waals surface area (Å²) >= 11 is 2.24. The molecule has 77 valence electrons. The van der Waals surface area contributed by atoms with Gasteiger partial charge in [0.25, 0.3) is 0 Å². The maximum absolute atomic E-state index is 2.28. The Morgan fingerprint density at radius 3 is 1.38 bits per heavy atom. The predicted molar refractivity (Wildman–Crippen MR) is 62.0 cm³/mol. The maximum Gasteiger partial charge on any atom is -0.147 e. The monoisotopic (exact) mass is 277 g/mol. The Kier molecular flexibility index (Phi) is 11.1. The van der Waals surface area contributed by atoms with Crippen molar-refractivity contribution in [3.63, 3.8) is 0 Å². The molecule has 0 nitrogen and oxygen atoms in total. The number of allylic oxidation sites excluding steroid dienone is 4. The quantitative estimate of drug-likeness (QED) is 0.586. The van der Waals surface area contributed by atoms with Crippen LogP contribution in [0.5, 0.6) is 0 Å². The number of hydrogen-bond donors (Lipinski definition) is 0. The molecule has 0 saturated carbocycles. The summed E-state index contributed by atoms with van der Waals surface area (Å²) in [5, 5.41) is 0. The van der Waals surface area contributed by atoms with Crippen LogP contribution in [0.1, 0.15) is 27.7 Å². The maximum atomic E-state index is 2.28. The van der Waals surface area contributed by atoms with Crippen molar-refractivity contribution in [2.45, 2.75) is 27.7 Å². The van der Waals surface area contributed by atoms with Crippen LogP contribution >= 0.6 is 37.2 Å². The molecule has 0 N–H and O–H groups in total. The van der Waals surface area contributed by atoms with Crippen molar-refractivity contribution in [3.8, 4) is 0 Å². The summed E-state index contributed by atoms with van der Waals surface area (Å²) < 4.78 is 1.55. The van der Waals surface area contributed by atoms with Crippen LogP contribution in [0, 0.1) is 5.92 Å². The Morgan fingerprint density at radius 1 is 0.923 bits per heavy atom. The first kappa shape index (κ1) is 19.6. The van der Waals surface area contributed by atoms with Gasteiger partial charge in [0.1, 0.15) is 0 Å². The van der Waals surface area contributed by atoms with Crippen LogP contribution in [0.2, 0.25) is 0 Å². The zero-order chi connectivity index (χ0) is 7.89. The fourth-order valence-electron chi connectivity index (χ4n) is 1.36. The van der Waals surface area contributed by atoms with Crippen LogP contribution in [-0.4, -0.2) is 0 Å². The van der Waals surface area contributed by atoms with Gasteiger partial charge in [0.15, 0.2) is 0 Å². The van der Waals surface area contributed by atoms with E-state index in [4.69, 9.17) is 0 Å². The van der Waals surface area contributed by atoms with Crippen molar-refractivity contribution in [1.82, 2.24) is 0 Å². The van der Waals surface area contributed by atoms with E-state index in [1.165, 1.54) is 11.1 Å². The van der Waals surface area contributed by atoms with Crippen LogP contribution < -0.4 is 0 Å². The topological polar surface area (TPSA) is 0 Å². The molecule has 0 amide bonds. The Hall–Kier alpha value is 1.06. The van der Waals surface area contributed by atoms with Gasteiger partial charge in [-0.15, -0.1) is 37.2 Å². The second kappa shape index (κ2) is 7.37. The molecule has 0 radical (unpaired) electrons. The van der Waals surface area contributed by atoms with Crippen molar-refractivity contribution in [3.05, 3.63) is 20.6 Å². The molecular formula is C9H16Cl3Ti. The molecule has 0 saturated heterocycles. The van der Waals surface area contributed by atoms with Crippen molar-refractivity contribution in [2.24, 2.45) is 5.92 Å². The summed E-state index contributed by atoms with van der Waals surface area (Å²) in [6.07, 6.45) is 0. The van der Waals surface area contributed by atoms with Gasteiger partial charge in [-0.3, -0.25) is 0 Å². The van der Waals surface area contributed by atoms with E-state index in [9.17, 15) is 0 Å². The number of rotatable bonds is 0. The van der Waals surface area contributed by atoms with Gasteiger partial charge < -0.3 is 0 Å². The Balaban J connectivity index is -0.000000333. The standard InChI is InChI=1S/C9H13.3ClH.Ti/c1-6-5-7(2)9(4)8(6)3;;;;/h6H,1-4H3;3*1H;. The minimum absolute atomic E-state index is 0. The van der Waals surface area contributed by atoms with Gasteiger partial charge in [0.05, 0.1) is 0 Å². The van der Waals surface area contributed by atoms with E-state index in [1.54, 1.807) is 9.45 Å². The van der Waals surface area contributed by atoms with Crippen LogP contribution in [0.25, 0.3) is 0 Å². The fourth-order valence-corrected chi connectivity index (χ4v) is 1.99. The third kappa shape index (κ3) is 3.60. The first-order chi connectivity index (χ1) is 4.55. The molecule has 1 aliphatic rings. The molecular weight excluding hydrogens is 262 g/mol. The van der Waals surface area contributed by atoms with E-state index in [0.717, 1.165) is 0 Å². The Labute approximate surface area is 111 Å². The zero-order valence-electron chi connectivity index (χ0n) is 8.30. The molecule has 0 aromatic carbocycles. The molecule has 4 heteroatoms. The van der Waals surface area contributed by atoms with E-state index < -0.39 is 0 Å². The molecule has 0 aromatic heterocycles. The normalized spacial score (nSPS) is 20.4. The molecule has 1 atom stereocenters. The third-order valence-corrected chi connectivity index (χ3v) is 3.90. The average molecular weight is 278 g/mol. The van der Waals surface area contributed by atoms with Gasteiger partial charge in [-0.1, -0.05) is 0 Å². The minimum Gasteiger partial charge on any atom is -0.147 e. The summed E-state index contributed by atoms with van der Waals surface area (Å²) in [5.41, 5.74) is 4.56. The molecule has 0 spiro atoms. The van der Waals surface area contributed by atoms with E-state index in [1.807, 2.05) is 0 Å². The first-order valence-corrected chi connectivity index (χ1v) is 4.44. The molecule has 0 fully saturated rings. The molecule has 0 aromatic rings. The Bertz CT molecular complexity index is 207. The van der Waals surface area contributed by atoms with Gasteiger partial charge in [0.2, 0.25) is 0 Å². The first-order valence-electron chi connectivity index (χ1n) is 3.65. The average Bonchev–Trinajstić information content (AvgIpc) is 2.07. The summed E-state index contributed by atoms with van der Waals surface area (Å²) in [4.78, 5) is 0.